The van der Waals surface area contributed by atoms with Crippen LogP contribution >= 0.6 is 0 Å². The fraction of sp³-hybridized carbons (Fsp3) is 0.600. The SMILES string of the molecule is Cc1ccc(S(=O)(=O)O[C@@H]2[C@@H]3OC[C@@H](O3)[C@H](C)[C@@]2(C)O)cc1. The zero-order valence-electron chi connectivity index (χ0n) is 12.7. The second-order valence-electron chi connectivity index (χ2n) is 6.17. The van der Waals surface area contributed by atoms with E-state index in [1.807, 2.05) is 6.92 Å². The lowest BCUT2D eigenvalue weighted by molar-refractivity contribution is -0.238. The predicted molar refractivity (Wildman–Crippen MR) is 77.6 cm³/mol. The smallest absolute Gasteiger partial charge is 0.297 e. The molecule has 0 aromatic heterocycles. The highest BCUT2D eigenvalue weighted by atomic mass is 32.2. The molecule has 3 rings (SSSR count). The molecule has 5 atom stereocenters. The van der Waals surface area contributed by atoms with Gasteiger partial charge in [-0.2, -0.15) is 8.42 Å². The van der Waals surface area contributed by atoms with Gasteiger partial charge in [-0.25, -0.2) is 0 Å². The highest BCUT2D eigenvalue weighted by Crippen LogP contribution is 2.41. The van der Waals surface area contributed by atoms with E-state index in [0.29, 0.717) is 6.61 Å². The van der Waals surface area contributed by atoms with Crippen LogP contribution in [0.5, 0.6) is 0 Å². The van der Waals surface area contributed by atoms with Gasteiger partial charge in [-0.15, -0.1) is 0 Å². The molecule has 0 saturated carbocycles. The van der Waals surface area contributed by atoms with Crippen molar-refractivity contribution in [3.05, 3.63) is 29.8 Å². The first kappa shape index (κ1) is 15.9. The summed E-state index contributed by atoms with van der Waals surface area (Å²) in [5.41, 5.74) is -0.412. The van der Waals surface area contributed by atoms with Crippen LogP contribution in [0.25, 0.3) is 0 Å². The van der Waals surface area contributed by atoms with Crippen molar-refractivity contribution in [2.75, 3.05) is 6.61 Å². The monoisotopic (exact) mass is 328 g/mol. The van der Waals surface area contributed by atoms with E-state index < -0.39 is 28.1 Å². The van der Waals surface area contributed by atoms with Gasteiger partial charge < -0.3 is 14.6 Å². The maximum Gasteiger partial charge on any atom is 0.297 e. The van der Waals surface area contributed by atoms with Gasteiger partial charge in [0.2, 0.25) is 0 Å². The van der Waals surface area contributed by atoms with Crippen LogP contribution in [0.1, 0.15) is 19.4 Å². The molecule has 6 nitrogen and oxygen atoms in total. The Bertz CT molecular complexity index is 651. The van der Waals surface area contributed by atoms with E-state index in [9.17, 15) is 13.5 Å². The molecule has 0 spiro atoms. The standard InChI is InChI=1S/C15H20O6S/c1-9-4-6-11(7-5-9)22(17,18)21-13-14-19-8-12(20-14)10(2)15(13,3)16/h4-7,10,12-14,16H,8H2,1-3H3/t10-,12+,13+,14+,15+/m0/s1. The van der Waals surface area contributed by atoms with Gasteiger partial charge in [-0.05, 0) is 26.0 Å². The van der Waals surface area contributed by atoms with E-state index in [2.05, 4.69) is 0 Å². The van der Waals surface area contributed by atoms with E-state index in [0.717, 1.165) is 5.56 Å². The summed E-state index contributed by atoms with van der Waals surface area (Å²) >= 11 is 0. The lowest BCUT2D eigenvalue weighted by atomic mass is 9.80. The second-order valence-corrected chi connectivity index (χ2v) is 7.75. The molecule has 2 aliphatic rings. The molecule has 1 aromatic rings. The number of aliphatic hydroxyl groups is 1. The minimum absolute atomic E-state index is 0.0432. The fourth-order valence-electron chi connectivity index (χ4n) is 2.81. The molecule has 0 aliphatic carbocycles. The summed E-state index contributed by atoms with van der Waals surface area (Å²) in [7, 11) is -4.02. The third-order valence-corrected chi connectivity index (χ3v) is 5.89. The van der Waals surface area contributed by atoms with Gasteiger partial charge in [0.25, 0.3) is 10.1 Å². The van der Waals surface area contributed by atoms with E-state index in [1.165, 1.54) is 12.1 Å². The molecule has 2 saturated heterocycles. The largest absolute Gasteiger partial charge is 0.387 e. The van der Waals surface area contributed by atoms with Crippen LogP contribution in [0.2, 0.25) is 0 Å². The van der Waals surface area contributed by atoms with Gasteiger partial charge in [0.15, 0.2) is 12.4 Å². The molecule has 1 N–H and O–H groups in total. The Kier molecular flexibility index (Phi) is 3.81. The van der Waals surface area contributed by atoms with Crippen LogP contribution in [-0.2, 0) is 23.8 Å². The highest BCUT2D eigenvalue weighted by Gasteiger charge is 2.57. The lowest BCUT2D eigenvalue weighted by Crippen LogP contribution is -2.59. The molecular formula is C15H20O6S. The first-order valence-corrected chi connectivity index (χ1v) is 8.62. The number of ether oxygens (including phenoxy) is 2. The topological polar surface area (TPSA) is 82.1 Å². The van der Waals surface area contributed by atoms with Crippen LogP contribution < -0.4 is 0 Å². The molecule has 22 heavy (non-hydrogen) atoms. The molecule has 2 fully saturated rings. The second kappa shape index (κ2) is 5.28. The average molecular weight is 328 g/mol. The minimum atomic E-state index is -4.02. The van der Waals surface area contributed by atoms with Crippen molar-refractivity contribution >= 4 is 10.1 Å². The molecule has 2 aliphatic heterocycles. The predicted octanol–water partition coefficient (Wildman–Crippen LogP) is 1.21. The molecule has 0 unspecified atom stereocenters. The Hall–Kier alpha value is -0.990. The van der Waals surface area contributed by atoms with Gasteiger partial charge in [0.05, 0.1) is 23.2 Å². The molecule has 2 heterocycles. The Labute approximate surface area is 130 Å². The number of hydrogen-bond acceptors (Lipinski definition) is 6. The maximum absolute atomic E-state index is 12.4. The normalized spacial score (nSPS) is 38.2. The molecule has 122 valence electrons. The molecule has 0 amide bonds. The Morgan fingerprint density at radius 2 is 1.95 bits per heavy atom. The Morgan fingerprint density at radius 1 is 1.32 bits per heavy atom. The number of benzene rings is 1. The third-order valence-electron chi connectivity index (χ3n) is 4.58. The number of aryl methyl sites for hydroxylation is 1. The van der Waals surface area contributed by atoms with Crippen molar-refractivity contribution in [1.29, 1.82) is 0 Å². The van der Waals surface area contributed by atoms with Crippen LogP contribution in [0.4, 0.5) is 0 Å². The van der Waals surface area contributed by atoms with E-state index in [-0.39, 0.29) is 16.9 Å². The van der Waals surface area contributed by atoms with Crippen LogP contribution in [0.3, 0.4) is 0 Å². The van der Waals surface area contributed by atoms with E-state index in [4.69, 9.17) is 13.7 Å². The molecule has 0 radical (unpaired) electrons. The summed E-state index contributed by atoms with van der Waals surface area (Å²) in [6.07, 6.45) is -2.23. The van der Waals surface area contributed by atoms with E-state index >= 15 is 0 Å². The van der Waals surface area contributed by atoms with Crippen molar-refractivity contribution in [2.24, 2.45) is 5.92 Å². The van der Waals surface area contributed by atoms with Gasteiger partial charge in [0.1, 0.15) is 0 Å². The zero-order valence-corrected chi connectivity index (χ0v) is 13.5. The number of rotatable bonds is 3. The molecule has 1 aromatic carbocycles. The number of hydrogen-bond donors (Lipinski definition) is 1. The van der Waals surface area contributed by atoms with Crippen LogP contribution in [-0.4, -0.2) is 44.2 Å². The first-order chi connectivity index (χ1) is 10.2. The summed E-state index contributed by atoms with van der Waals surface area (Å²) in [5.74, 6) is -0.301. The zero-order chi connectivity index (χ0) is 16.1. The highest BCUT2D eigenvalue weighted by molar-refractivity contribution is 7.86. The lowest BCUT2D eigenvalue weighted by Gasteiger charge is -2.43. The quantitative estimate of drug-likeness (QED) is 0.840. The molecule has 7 heteroatoms. The van der Waals surface area contributed by atoms with Crippen molar-refractivity contribution in [3.8, 4) is 0 Å². The third kappa shape index (κ3) is 2.57. The summed E-state index contributed by atoms with van der Waals surface area (Å²) in [6, 6.07) is 6.34. The van der Waals surface area contributed by atoms with Crippen molar-refractivity contribution in [2.45, 2.75) is 49.8 Å². The average Bonchev–Trinajstić information content (AvgIpc) is 2.90. The Balaban J connectivity index is 1.89. The van der Waals surface area contributed by atoms with Gasteiger partial charge in [-0.1, -0.05) is 24.6 Å². The van der Waals surface area contributed by atoms with Gasteiger partial charge >= 0.3 is 0 Å². The summed E-state index contributed by atoms with van der Waals surface area (Å²) in [5, 5.41) is 10.7. The summed E-state index contributed by atoms with van der Waals surface area (Å²) in [4.78, 5) is 0.0432. The van der Waals surface area contributed by atoms with Crippen LogP contribution in [0.15, 0.2) is 29.2 Å². The van der Waals surface area contributed by atoms with Crippen molar-refractivity contribution in [1.82, 2.24) is 0 Å². The minimum Gasteiger partial charge on any atom is -0.387 e. The van der Waals surface area contributed by atoms with Gasteiger partial charge in [-0.3, -0.25) is 4.18 Å². The maximum atomic E-state index is 12.4. The summed E-state index contributed by atoms with van der Waals surface area (Å²) < 4.78 is 41.2. The molecule has 2 bridgehead atoms. The molecular weight excluding hydrogens is 308 g/mol. The van der Waals surface area contributed by atoms with Crippen molar-refractivity contribution < 1.29 is 27.2 Å². The van der Waals surface area contributed by atoms with Crippen molar-refractivity contribution in [3.63, 3.8) is 0 Å². The van der Waals surface area contributed by atoms with E-state index in [1.54, 1.807) is 26.0 Å². The summed E-state index contributed by atoms with van der Waals surface area (Å²) in [6.45, 7) is 5.55. The van der Waals surface area contributed by atoms with Gasteiger partial charge in [0, 0.05) is 5.92 Å². The van der Waals surface area contributed by atoms with Crippen LogP contribution in [0, 0.1) is 12.8 Å². The first-order valence-electron chi connectivity index (χ1n) is 7.21. The number of fused-ring (bicyclic) bond motifs is 2. The Morgan fingerprint density at radius 3 is 2.59 bits per heavy atom. The fourth-order valence-corrected chi connectivity index (χ4v) is 3.95.